The van der Waals surface area contributed by atoms with Crippen molar-refractivity contribution in [3.8, 4) is 23.3 Å². The van der Waals surface area contributed by atoms with Gasteiger partial charge in [0.2, 0.25) is 0 Å². The van der Waals surface area contributed by atoms with Crippen LogP contribution < -0.4 is 14.2 Å². The Kier molecular flexibility index (Phi) is 9.05. The van der Waals surface area contributed by atoms with E-state index in [9.17, 15) is 14.9 Å². The fourth-order valence-electron chi connectivity index (χ4n) is 2.98. The predicted octanol–water partition coefficient (Wildman–Crippen LogP) is 4.84. The van der Waals surface area contributed by atoms with Gasteiger partial charge in [-0.05, 0) is 54.7 Å². The lowest BCUT2D eigenvalue weighted by atomic mass is 9.86. The molecule has 0 N–H and O–H groups in total. The number of benzene rings is 2. The molecule has 0 saturated carbocycles. The molecule has 0 aliphatic rings. The number of carbonyl (C=O) groups is 2. The second-order valence-corrected chi connectivity index (χ2v) is 8.04. The maximum absolute atomic E-state index is 12.5. The minimum absolute atomic E-state index is 0.141. The molecule has 7 heteroatoms. The minimum Gasteiger partial charge on any atom is -0.490 e. The molecule has 0 fully saturated rings. The zero-order valence-electron chi connectivity index (χ0n) is 19.6. The molecule has 174 valence electrons. The van der Waals surface area contributed by atoms with E-state index >= 15 is 0 Å². The lowest BCUT2D eigenvalue weighted by Gasteiger charge is -2.22. The molecule has 33 heavy (non-hydrogen) atoms. The van der Waals surface area contributed by atoms with Gasteiger partial charge in [0.15, 0.2) is 18.1 Å². The summed E-state index contributed by atoms with van der Waals surface area (Å²) in [5.41, 5.74) is 1.23. The standard InChI is InChI=1S/C26H29NO6/c1-6-30-23-15-18(14-19(16-27)25(29)31-7-2)12-13-22(23)33-24(28)17-32-21-11-9-8-10-20(21)26(3,4)5/h8-15H,6-7,17H2,1-5H3/b19-14+. The number of nitrogens with zero attached hydrogens (tertiary/aromatic N) is 1. The third-order valence-electron chi connectivity index (χ3n) is 4.46. The second kappa shape index (κ2) is 11.7. The molecule has 0 saturated heterocycles. The SMILES string of the molecule is CCOC(=O)/C(C#N)=C/c1ccc(OC(=O)COc2ccccc2C(C)(C)C)c(OCC)c1. The van der Waals surface area contributed by atoms with Gasteiger partial charge in [0.25, 0.3) is 0 Å². The molecule has 0 spiro atoms. The summed E-state index contributed by atoms with van der Waals surface area (Å²) < 4.78 is 21.6. The van der Waals surface area contributed by atoms with Gasteiger partial charge in [0.05, 0.1) is 13.2 Å². The first kappa shape index (κ1) is 25.5. The second-order valence-electron chi connectivity index (χ2n) is 8.04. The van der Waals surface area contributed by atoms with Crippen LogP contribution >= 0.6 is 0 Å². The Labute approximate surface area is 194 Å². The van der Waals surface area contributed by atoms with Crippen molar-refractivity contribution in [2.24, 2.45) is 0 Å². The highest BCUT2D eigenvalue weighted by Crippen LogP contribution is 2.32. The molecule has 0 radical (unpaired) electrons. The van der Waals surface area contributed by atoms with Crippen molar-refractivity contribution >= 4 is 18.0 Å². The van der Waals surface area contributed by atoms with Gasteiger partial charge in [-0.3, -0.25) is 0 Å². The van der Waals surface area contributed by atoms with Gasteiger partial charge < -0.3 is 18.9 Å². The van der Waals surface area contributed by atoms with E-state index in [2.05, 4.69) is 20.8 Å². The molecule has 0 aliphatic carbocycles. The molecular formula is C26H29NO6. The number of hydrogen-bond donors (Lipinski definition) is 0. The third kappa shape index (κ3) is 7.39. The summed E-state index contributed by atoms with van der Waals surface area (Å²) in [7, 11) is 0. The van der Waals surface area contributed by atoms with E-state index in [-0.39, 0.29) is 30.0 Å². The fourth-order valence-corrected chi connectivity index (χ4v) is 2.98. The van der Waals surface area contributed by atoms with Gasteiger partial charge in [0, 0.05) is 0 Å². The fraction of sp³-hybridized carbons (Fsp3) is 0.346. The van der Waals surface area contributed by atoms with Crippen LogP contribution in [0.15, 0.2) is 48.0 Å². The number of ether oxygens (including phenoxy) is 4. The van der Waals surface area contributed by atoms with Crippen molar-refractivity contribution in [3.63, 3.8) is 0 Å². The first-order valence-electron chi connectivity index (χ1n) is 10.7. The van der Waals surface area contributed by atoms with Crippen molar-refractivity contribution in [2.75, 3.05) is 19.8 Å². The highest BCUT2D eigenvalue weighted by molar-refractivity contribution is 5.98. The molecule has 2 aromatic carbocycles. The van der Waals surface area contributed by atoms with Crippen LogP contribution in [0.4, 0.5) is 0 Å². The molecule has 0 bridgehead atoms. The van der Waals surface area contributed by atoms with E-state index in [4.69, 9.17) is 18.9 Å². The Balaban J connectivity index is 2.17. The number of para-hydroxylation sites is 1. The largest absolute Gasteiger partial charge is 0.490 e. The normalized spacial score (nSPS) is 11.3. The highest BCUT2D eigenvalue weighted by Gasteiger charge is 2.20. The predicted molar refractivity (Wildman–Crippen MR) is 124 cm³/mol. The molecule has 0 aromatic heterocycles. The van der Waals surface area contributed by atoms with Crippen molar-refractivity contribution in [1.82, 2.24) is 0 Å². The molecular weight excluding hydrogens is 422 g/mol. The molecule has 7 nitrogen and oxygen atoms in total. The Morgan fingerprint density at radius 3 is 2.33 bits per heavy atom. The Morgan fingerprint density at radius 1 is 0.970 bits per heavy atom. The van der Waals surface area contributed by atoms with Crippen molar-refractivity contribution < 1.29 is 28.5 Å². The maximum atomic E-state index is 12.5. The van der Waals surface area contributed by atoms with Gasteiger partial charge in [-0.2, -0.15) is 5.26 Å². The first-order valence-corrected chi connectivity index (χ1v) is 10.7. The quantitative estimate of drug-likeness (QED) is 0.233. The molecule has 0 amide bonds. The minimum atomic E-state index is -0.707. The lowest BCUT2D eigenvalue weighted by Crippen LogP contribution is -2.20. The molecule has 2 rings (SSSR count). The highest BCUT2D eigenvalue weighted by atomic mass is 16.6. The summed E-state index contributed by atoms with van der Waals surface area (Å²) >= 11 is 0. The molecule has 0 aliphatic heterocycles. The van der Waals surface area contributed by atoms with E-state index in [0.29, 0.717) is 23.7 Å². The topological polar surface area (TPSA) is 94.9 Å². The van der Waals surface area contributed by atoms with E-state index < -0.39 is 11.9 Å². The average Bonchev–Trinajstić information content (AvgIpc) is 2.77. The van der Waals surface area contributed by atoms with Crippen LogP contribution in [-0.4, -0.2) is 31.8 Å². The van der Waals surface area contributed by atoms with Gasteiger partial charge in [-0.25, -0.2) is 9.59 Å². The first-order chi connectivity index (χ1) is 15.7. The van der Waals surface area contributed by atoms with E-state index in [1.807, 2.05) is 30.3 Å². The van der Waals surface area contributed by atoms with E-state index in [1.54, 1.807) is 26.0 Å². The molecule has 0 atom stereocenters. The Bertz CT molecular complexity index is 1060. The average molecular weight is 452 g/mol. The van der Waals surface area contributed by atoms with E-state index in [1.165, 1.54) is 12.1 Å². The van der Waals surface area contributed by atoms with Crippen molar-refractivity contribution in [3.05, 3.63) is 59.2 Å². The summed E-state index contributed by atoms with van der Waals surface area (Å²) in [6.45, 7) is 9.87. The number of nitriles is 1. The molecule has 0 heterocycles. The summed E-state index contributed by atoms with van der Waals surface area (Å²) in [5.74, 6) is -0.166. The number of carbonyl (C=O) groups excluding carboxylic acids is 2. The van der Waals surface area contributed by atoms with Crippen LogP contribution in [0.1, 0.15) is 45.7 Å². The third-order valence-corrected chi connectivity index (χ3v) is 4.46. The lowest BCUT2D eigenvalue weighted by molar-refractivity contribution is -0.138. The van der Waals surface area contributed by atoms with E-state index in [0.717, 1.165) is 5.56 Å². The monoisotopic (exact) mass is 451 g/mol. The summed E-state index contributed by atoms with van der Waals surface area (Å²) in [4.78, 5) is 24.3. The van der Waals surface area contributed by atoms with Gasteiger partial charge in [-0.15, -0.1) is 0 Å². The molecule has 0 unspecified atom stereocenters. The van der Waals surface area contributed by atoms with Gasteiger partial charge >= 0.3 is 11.9 Å². The Morgan fingerprint density at radius 2 is 1.70 bits per heavy atom. The zero-order chi connectivity index (χ0) is 24.4. The molecule has 2 aromatic rings. The van der Waals surface area contributed by atoms with Crippen molar-refractivity contribution in [1.29, 1.82) is 5.26 Å². The zero-order valence-corrected chi connectivity index (χ0v) is 19.6. The number of hydrogen-bond acceptors (Lipinski definition) is 7. The number of rotatable bonds is 9. The van der Waals surface area contributed by atoms with Crippen LogP contribution in [0, 0.1) is 11.3 Å². The van der Waals surface area contributed by atoms with Crippen LogP contribution in [-0.2, 0) is 19.7 Å². The van der Waals surface area contributed by atoms with Gasteiger partial charge in [-0.1, -0.05) is 45.0 Å². The van der Waals surface area contributed by atoms with Gasteiger partial charge in [0.1, 0.15) is 17.4 Å². The van der Waals surface area contributed by atoms with Crippen LogP contribution in [0.2, 0.25) is 0 Å². The number of esters is 2. The van der Waals surface area contributed by atoms with Crippen LogP contribution in [0.3, 0.4) is 0 Å². The van der Waals surface area contributed by atoms with Crippen LogP contribution in [0.5, 0.6) is 17.2 Å². The van der Waals surface area contributed by atoms with Crippen LogP contribution in [0.25, 0.3) is 6.08 Å². The summed E-state index contributed by atoms with van der Waals surface area (Å²) in [5, 5.41) is 9.22. The van der Waals surface area contributed by atoms with Crippen molar-refractivity contribution in [2.45, 2.75) is 40.0 Å². The smallest absolute Gasteiger partial charge is 0.349 e. The maximum Gasteiger partial charge on any atom is 0.349 e. The summed E-state index contributed by atoms with van der Waals surface area (Å²) in [6, 6.07) is 14.1. The Hall–Kier alpha value is -3.79. The summed E-state index contributed by atoms with van der Waals surface area (Å²) in [6.07, 6.45) is 1.39.